The highest BCUT2D eigenvalue weighted by Gasteiger charge is 2.18. The van der Waals surface area contributed by atoms with Crippen molar-refractivity contribution in [2.24, 2.45) is 7.05 Å². The van der Waals surface area contributed by atoms with Gasteiger partial charge in [0.05, 0.1) is 5.56 Å². The van der Waals surface area contributed by atoms with E-state index < -0.39 is 12.1 Å². The van der Waals surface area contributed by atoms with Gasteiger partial charge in [-0.2, -0.15) is 0 Å². The van der Waals surface area contributed by atoms with Crippen LogP contribution >= 0.6 is 0 Å². The number of rotatable bonds is 2. The van der Waals surface area contributed by atoms with Gasteiger partial charge in [0.2, 0.25) is 0 Å². The third-order valence-corrected chi connectivity index (χ3v) is 2.70. The molecule has 84 valence electrons. The molecule has 16 heavy (non-hydrogen) atoms. The van der Waals surface area contributed by atoms with Gasteiger partial charge >= 0.3 is 5.97 Å². The Morgan fingerprint density at radius 3 is 2.75 bits per heavy atom. The maximum Gasteiger partial charge on any atom is 0.336 e. The second kappa shape index (κ2) is 3.63. The lowest BCUT2D eigenvalue weighted by atomic mass is 10.0. The highest BCUT2D eigenvalue weighted by Crippen LogP contribution is 2.30. The van der Waals surface area contributed by atoms with Crippen LogP contribution < -0.4 is 0 Å². The van der Waals surface area contributed by atoms with Gasteiger partial charge in [-0.05, 0) is 19.1 Å². The molecule has 0 amide bonds. The van der Waals surface area contributed by atoms with Crippen LogP contribution in [0.25, 0.3) is 10.9 Å². The van der Waals surface area contributed by atoms with Crippen LogP contribution in [0.2, 0.25) is 0 Å². The molecule has 1 aromatic heterocycles. The van der Waals surface area contributed by atoms with Crippen LogP contribution in [-0.4, -0.2) is 15.6 Å². The van der Waals surface area contributed by atoms with Crippen molar-refractivity contribution in [1.29, 1.82) is 0 Å². The van der Waals surface area contributed by atoms with Gasteiger partial charge in [0.1, 0.15) is 6.17 Å². The molecule has 1 aromatic carbocycles. The van der Waals surface area contributed by atoms with Crippen LogP contribution in [0.5, 0.6) is 0 Å². The Kier molecular flexibility index (Phi) is 2.42. The smallest absolute Gasteiger partial charge is 0.336 e. The minimum absolute atomic E-state index is 0.151. The lowest BCUT2D eigenvalue weighted by Gasteiger charge is -2.02. The summed E-state index contributed by atoms with van der Waals surface area (Å²) in [6, 6.07) is 4.95. The van der Waals surface area contributed by atoms with Crippen molar-refractivity contribution in [3.63, 3.8) is 0 Å². The second-order valence-corrected chi connectivity index (χ2v) is 3.82. The number of hydrogen-bond donors (Lipinski definition) is 1. The fraction of sp³-hybridized carbons (Fsp3) is 0.250. The first-order valence-corrected chi connectivity index (χ1v) is 4.97. The highest BCUT2D eigenvalue weighted by atomic mass is 19.1. The summed E-state index contributed by atoms with van der Waals surface area (Å²) >= 11 is 0. The maximum atomic E-state index is 13.4. The van der Waals surface area contributed by atoms with Gasteiger partial charge in [0, 0.05) is 29.7 Å². The van der Waals surface area contributed by atoms with Crippen molar-refractivity contribution in [2.45, 2.75) is 13.1 Å². The molecule has 0 radical (unpaired) electrons. The SMILES string of the molecule is CC(F)c1cn(C)c2cccc(C(=O)O)c12. The van der Waals surface area contributed by atoms with Crippen LogP contribution in [0.3, 0.4) is 0 Å². The summed E-state index contributed by atoms with van der Waals surface area (Å²) in [4.78, 5) is 11.1. The summed E-state index contributed by atoms with van der Waals surface area (Å²) in [6.45, 7) is 1.41. The first-order valence-electron chi connectivity index (χ1n) is 4.97. The fourth-order valence-electron chi connectivity index (χ4n) is 1.96. The normalized spacial score (nSPS) is 12.9. The van der Waals surface area contributed by atoms with Crippen molar-refractivity contribution >= 4 is 16.9 Å². The summed E-state index contributed by atoms with van der Waals surface area (Å²) in [7, 11) is 1.78. The average molecular weight is 221 g/mol. The van der Waals surface area contributed by atoms with Gasteiger partial charge in [-0.25, -0.2) is 9.18 Å². The lowest BCUT2D eigenvalue weighted by molar-refractivity contribution is 0.0699. The molecule has 2 rings (SSSR count). The first kappa shape index (κ1) is 10.7. The Balaban J connectivity index is 2.88. The van der Waals surface area contributed by atoms with Gasteiger partial charge in [-0.15, -0.1) is 0 Å². The molecule has 1 heterocycles. The van der Waals surface area contributed by atoms with Crippen LogP contribution in [0.15, 0.2) is 24.4 Å². The Bertz CT molecular complexity index is 557. The minimum atomic E-state index is -1.18. The average Bonchev–Trinajstić information content (AvgIpc) is 2.56. The van der Waals surface area contributed by atoms with Gasteiger partial charge in [0.25, 0.3) is 0 Å². The van der Waals surface area contributed by atoms with E-state index in [2.05, 4.69) is 0 Å². The highest BCUT2D eigenvalue weighted by molar-refractivity contribution is 6.04. The van der Waals surface area contributed by atoms with Crippen molar-refractivity contribution in [3.8, 4) is 0 Å². The fourth-order valence-corrected chi connectivity index (χ4v) is 1.96. The zero-order valence-electron chi connectivity index (χ0n) is 9.07. The number of fused-ring (bicyclic) bond motifs is 1. The third kappa shape index (κ3) is 1.46. The number of halogens is 1. The summed E-state index contributed by atoms with van der Waals surface area (Å²) in [6.07, 6.45) is 0.464. The largest absolute Gasteiger partial charge is 0.478 e. The number of aromatic carboxylic acids is 1. The molecule has 1 N–H and O–H groups in total. The van der Waals surface area contributed by atoms with E-state index >= 15 is 0 Å². The lowest BCUT2D eigenvalue weighted by Crippen LogP contribution is -1.98. The van der Waals surface area contributed by atoms with E-state index in [9.17, 15) is 9.18 Å². The molecule has 1 unspecified atom stereocenters. The number of benzene rings is 1. The quantitative estimate of drug-likeness (QED) is 0.847. The summed E-state index contributed by atoms with van der Waals surface area (Å²) < 4.78 is 15.2. The van der Waals surface area contributed by atoms with Gasteiger partial charge in [-0.3, -0.25) is 0 Å². The number of aromatic nitrogens is 1. The minimum Gasteiger partial charge on any atom is -0.478 e. The summed E-state index contributed by atoms with van der Waals surface area (Å²) in [5.41, 5.74) is 1.31. The predicted octanol–water partition coefficient (Wildman–Crippen LogP) is 2.91. The zero-order chi connectivity index (χ0) is 11.9. The zero-order valence-corrected chi connectivity index (χ0v) is 9.07. The molecule has 0 aliphatic carbocycles. The maximum absolute atomic E-state index is 13.4. The Labute approximate surface area is 92.1 Å². The van der Waals surface area contributed by atoms with E-state index in [1.54, 1.807) is 29.9 Å². The number of aryl methyl sites for hydroxylation is 1. The summed E-state index contributed by atoms with van der Waals surface area (Å²) in [5.74, 6) is -1.03. The van der Waals surface area contributed by atoms with Gasteiger partial charge in [-0.1, -0.05) is 6.07 Å². The molecule has 0 saturated heterocycles. The number of carboxylic acid groups (broad SMARTS) is 1. The van der Waals surface area contributed by atoms with Crippen molar-refractivity contribution in [3.05, 3.63) is 35.5 Å². The van der Waals surface area contributed by atoms with Crippen molar-refractivity contribution in [2.75, 3.05) is 0 Å². The molecule has 1 atom stereocenters. The van der Waals surface area contributed by atoms with Crippen LogP contribution in [-0.2, 0) is 7.05 Å². The Morgan fingerprint density at radius 2 is 2.19 bits per heavy atom. The van der Waals surface area contributed by atoms with Gasteiger partial charge < -0.3 is 9.67 Å². The molecule has 0 spiro atoms. The van der Waals surface area contributed by atoms with Crippen molar-refractivity contribution in [1.82, 2.24) is 4.57 Å². The molecule has 0 saturated carbocycles. The van der Waals surface area contributed by atoms with E-state index in [0.717, 1.165) is 5.52 Å². The number of carboxylic acids is 1. The van der Waals surface area contributed by atoms with Crippen LogP contribution in [0.4, 0.5) is 4.39 Å². The molecular formula is C12H12FNO2. The second-order valence-electron chi connectivity index (χ2n) is 3.82. The molecule has 0 aliphatic heterocycles. The molecule has 2 aromatic rings. The van der Waals surface area contributed by atoms with Crippen LogP contribution in [0.1, 0.15) is 29.0 Å². The number of carbonyl (C=O) groups is 1. The van der Waals surface area contributed by atoms with E-state index in [-0.39, 0.29) is 5.56 Å². The first-order chi connectivity index (χ1) is 7.52. The summed E-state index contributed by atoms with van der Waals surface area (Å²) in [5, 5.41) is 9.56. The number of nitrogens with zero attached hydrogens (tertiary/aromatic N) is 1. The van der Waals surface area contributed by atoms with Crippen molar-refractivity contribution < 1.29 is 14.3 Å². The molecular weight excluding hydrogens is 209 g/mol. The number of alkyl halides is 1. The molecule has 0 aliphatic rings. The molecule has 4 heteroatoms. The van der Waals surface area contributed by atoms with E-state index in [1.165, 1.54) is 13.0 Å². The Morgan fingerprint density at radius 1 is 1.50 bits per heavy atom. The van der Waals surface area contributed by atoms with E-state index in [4.69, 9.17) is 5.11 Å². The monoisotopic (exact) mass is 221 g/mol. The topological polar surface area (TPSA) is 42.2 Å². The van der Waals surface area contributed by atoms with E-state index in [0.29, 0.717) is 10.9 Å². The Hall–Kier alpha value is -1.84. The number of hydrogen-bond acceptors (Lipinski definition) is 1. The molecule has 3 nitrogen and oxygen atoms in total. The molecule has 0 fully saturated rings. The van der Waals surface area contributed by atoms with Crippen LogP contribution in [0, 0.1) is 0 Å². The molecule has 0 bridgehead atoms. The van der Waals surface area contributed by atoms with Gasteiger partial charge in [0.15, 0.2) is 0 Å². The van der Waals surface area contributed by atoms with E-state index in [1.807, 2.05) is 0 Å². The standard InChI is InChI=1S/C12H12FNO2/c1-7(13)9-6-14(2)10-5-3-4-8(11(9)10)12(15)16/h3-7H,1-2H3,(H,15,16). The predicted molar refractivity (Wildman–Crippen MR) is 59.4 cm³/mol. The third-order valence-electron chi connectivity index (χ3n) is 2.70.